The minimum absolute atomic E-state index is 0.0587. The van der Waals surface area contributed by atoms with Crippen molar-refractivity contribution in [1.82, 2.24) is 5.32 Å². The molecule has 0 fully saturated rings. The smallest absolute Gasteiger partial charge is 0.258 e. The van der Waals surface area contributed by atoms with Crippen LogP contribution in [0.3, 0.4) is 0 Å². The minimum atomic E-state index is -0.208. The second-order valence-electron chi connectivity index (χ2n) is 4.87. The van der Waals surface area contributed by atoms with E-state index in [0.717, 1.165) is 0 Å². The van der Waals surface area contributed by atoms with E-state index >= 15 is 0 Å². The molecule has 1 aromatic carbocycles. The number of amidine groups is 1. The number of ether oxygens (including phenoxy) is 1. The molecule has 1 atom stereocenters. The Balaban J connectivity index is 2.64. The van der Waals surface area contributed by atoms with Crippen molar-refractivity contribution in [1.29, 1.82) is 0 Å². The topological polar surface area (TPSA) is 96.9 Å². The molecule has 0 aliphatic carbocycles. The Morgan fingerprint density at radius 3 is 2.65 bits per heavy atom. The van der Waals surface area contributed by atoms with Gasteiger partial charge in [-0.2, -0.15) is 0 Å². The Bertz CT molecular complexity index is 486. The molecular formula is C14H21N3O3. The number of amides is 1. The Morgan fingerprint density at radius 2 is 2.05 bits per heavy atom. The molecule has 1 rings (SSSR count). The first kappa shape index (κ1) is 15.8. The quantitative estimate of drug-likeness (QED) is 0.316. The molecule has 1 aromatic rings. The third-order valence-electron chi connectivity index (χ3n) is 3.02. The van der Waals surface area contributed by atoms with E-state index in [1.165, 1.54) is 0 Å². The van der Waals surface area contributed by atoms with E-state index < -0.39 is 0 Å². The van der Waals surface area contributed by atoms with E-state index in [4.69, 9.17) is 15.7 Å². The van der Waals surface area contributed by atoms with Gasteiger partial charge in [0.15, 0.2) is 12.4 Å². The molecule has 0 aliphatic heterocycles. The fourth-order valence-corrected chi connectivity index (χ4v) is 1.46. The molecule has 1 unspecified atom stereocenters. The molecule has 0 aliphatic rings. The van der Waals surface area contributed by atoms with Crippen molar-refractivity contribution in [3.63, 3.8) is 0 Å². The summed E-state index contributed by atoms with van der Waals surface area (Å²) < 4.78 is 5.42. The van der Waals surface area contributed by atoms with Gasteiger partial charge in [0.25, 0.3) is 5.91 Å². The largest absolute Gasteiger partial charge is 0.483 e. The van der Waals surface area contributed by atoms with Gasteiger partial charge in [-0.05, 0) is 25.0 Å². The second-order valence-corrected chi connectivity index (χ2v) is 4.87. The zero-order chi connectivity index (χ0) is 15.1. The third-order valence-corrected chi connectivity index (χ3v) is 3.02. The van der Waals surface area contributed by atoms with Crippen molar-refractivity contribution in [3.05, 3.63) is 29.8 Å². The molecule has 0 aromatic heterocycles. The predicted molar refractivity (Wildman–Crippen MR) is 76.9 cm³/mol. The number of carbonyl (C=O) groups excluding carboxylic acids is 1. The van der Waals surface area contributed by atoms with Crippen LogP contribution >= 0.6 is 0 Å². The van der Waals surface area contributed by atoms with Gasteiger partial charge in [-0.25, -0.2) is 0 Å². The first-order valence-corrected chi connectivity index (χ1v) is 6.44. The van der Waals surface area contributed by atoms with Gasteiger partial charge in [-0.15, -0.1) is 0 Å². The summed E-state index contributed by atoms with van der Waals surface area (Å²) in [6.45, 7) is 5.87. The maximum atomic E-state index is 11.7. The molecule has 0 heterocycles. The van der Waals surface area contributed by atoms with Crippen molar-refractivity contribution in [3.8, 4) is 5.75 Å². The number of nitrogens with zero attached hydrogens (tertiary/aromatic N) is 1. The van der Waals surface area contributed by atoms with Crippen molar-refractivity contribution in [2.45, 2.75) is 26.8 Å². The number of hydrogen-bond acceptors (Lipinski definition) is 4. The molecule has 6 nitrogen and oxygen atoms in total. The van der Waals surface area contributed by atoms with Gasteiger partial charge in [0.2, 0.25) is 0 Å². The summed E-state index contributed by atoms with van der Waals surface area (Å²) in [6, 6.07) is 6.87. The van der Waals surface area contributed by atoms with E-state index in [2.05, 4.69) is 10.5 Å². The van der Waals surface area contributed by atoms with Crippen LogP contribution in [0.15, 0.2) is 29.4 Å². The van der Waals surface area contributed by atoms with Gasteiger partial charge < -0.3 is 21.0 Å². The summed E-state index contributed by atoms with van der Waals surface area (Å²) in [5, 5.41) is 14.5. The van der Waals surface area contributed by atoms with Crippen molar-refractivity contribution in [2.24, 2.45) is 16.8 Å². The molecule has 1 amide bonds. The van der Waals surface area contributed by atoms with Crippen molar-refractivity contribution >= 4 is 11.7 Å². The van der Waals surface area contributed by atoms with Gasteiger partial charge in [0.1, 0.15) is 5.75 Å². The standard InChI is InChI=1S/C14H21N3O3/c1-9(2)10(3)16-13(18)8-20-12-7-5-4-6-11(12)14(15)17-19/h4-7,9-10,19H,8H2,1-3H3,(H2,15,17)(H,16,18). The van der Waals surface area contributed by atoms with Gasteiger partial charge in [0, 0.05) is 6.04 Å². The lowest BCUT2D eigenvalue weighted by molar-refractivity contribution is -0.124. The normalized spacial score (nSPS) is 13.1. The van der Waals surface area contributed by atoms with Crippen LogP contribution in [0, 0.1) is 5.92 Å². The van der Waals surface area contributed by atoms with Crippen LogP contribution < -0.4 is 15.8 Å². The summed E-state index contributed by atoms with van der Waals surface area (Å²) >= 11 is 0. The molecule has 0 bridgehead atoms. The highest BCUT2D eigenvalue weighted by Crippen LogP contribution is 2.17. The molecule has 20 heavy (non-hydrogen) atoms. The number of nitrogens with two attached hydrogens (primary N) is 1. The molecule has 0 spiro atoms. The fourth-order valence-electron chi connectivity index (χ4n) is 1.46. The van der Waals surface area contributed by atoms with Gasteiger partial charge >= 0.3 is 0 Å². The highest BCUT2D eigenvalue weighted by Gasteiger charge is 2.13. The van der Waals surface area contributed by atoms with E-state index in [1.807, 2.05) is 20.8 Å². The van der Waals surface area contributed by atoms with E-state index in [-0.39, 0.29) is 24.4 Å². The lowest BCUT2D eigenvalue weighted by Crippen LogP contribution is -2.39. The van der Waals surface area contributed by atoms with Gasteiger partial charge in [0.05, 0.1) is 5.56 Å². The Labute approximate surface area is 118 Å². The third kappa shape index (κ3) is 4.46. The molecular weight excluding hydrogens is 258 g/mol. The summed E-state index contributed by atoms with van der Waals surface area (Å²) in [5.74, 6) is 0.482. The average molecular weight is 279 g/mol. The van der Waals surface area contributed by atoms with Crippen LogP contribution in [0.5, 0.6) is 5.75 Å². The Hall–Kier alpha value is -2.24. The zero-order valence-corrected chi connectivity index (χ0v) is 12.0. The van der Waals surface area contributed by atoms with Crippen LogP contribution in [0.25, 0.3) is 0 Å². The van der Waals surface area contributed by atoms with Crippen LogP contribution in [0.1, 0.15) is 26.3 Å². The Kier molecular flexibility index (Phi) is 5.83. The number of para-hydroxylation sites is 1. The minimum Gasteiger partial charge on any atom is -0.483 e. The summed E-state index contributed by atoms with van der Waals surface area (Å²) in [6.07, 6.45) is 0. The second kappa shape index (κ2) is 7.37. The number of benzene rings is 1. The lowest BCUT2D eigenvalue weighted by Gasteiger charge is -2.18. The van der Waals surface area contributed by atoms with E-state index in [1.54, 1.807) is 24.3 Å². The van der Waals surface area contributed by atoms with Crippen molar-refractivity contribution in [2.75, 3.05) is 6.61 Å². The van der Waals surface area contributed by atoms with Crippen LogP contribution in [0.2, 0.25) is 0 Å². The summed E-state index contributed by atoms with van der Waals surface area (Å²) in [5.41, 5.74) is 5.99. The highest BCUT2D eigenvalue weighted by atomic mass is 16.5. The fraction of sp³-hybridized carbons (Fsp3) is 0.429. The zero-order valence-electron chi connectivity index (χ0n) is 12.0. The number of hydrogen-bond donors (Lipinski definition) is 3. The number of oxime groups is 1. The van der Waals surface area contributed by atoms with Crippen LogP contribution in [0.4, 0.5) is 0 Å². The summed E-state index contributed by atoms with van der Waals surface area (Å²) in [7, 11) is 0. The predicted octanol–water partition coefficient (Wildman–Crippen LogP) is 1.32. The molecule has 0 radical (unpaired) electrons. The van der Waals surface area contributed by atoms with Crippen molar-refractivity contribution < 1.29 is 14.7 Å². The number of nitrogens with one attached hydrogen (secondary N) is 1. The van der Waals surface area contributed by atoms with Crippen LogP contribution in [-0.4, -0.2) is 29.6 Å². The first-order chi connectivity index (χ1) is 9.45. The van der Waals surface area contributed by atoms with Gasteiger partial charge in [-0.1, -0.05) is 31.1 Å². The first-order valence-electron chi connectivity index (χ1n) is 6.44. The van der Waals surface area contributed by atoms with E-state index in [9.17, 15) is 4.79 Å². The van der Waals surface area contributed by atoms with Crippen LogP contribution in [-0.2, 0) is 4.79 Å². The van der Waals surface area contributed by atoms with E-state index in [0.29, 0.717) is 17.2 Å². The maximum absolute atomic E-state index is 11.7. The monoisotopic (exact) mass is 279 g/mol. The lowest BCUT2D eigenvalue weighted by atomic mass is 10.1. The average Bonchev–Trinajstić information content (AvgIpc) is 2.44. The summed E-state index contributed by atoms with van der Waals surface area (Å²) in [4.78, 5) is 11.7. The molecule has 110 valence electrons. The Morgan fingerprint density at radius 1 is 1.40 bits per heavy atom. The number of rotatable bonds is 6. The molecule has 6 heteroatoms. The number of carbonyl (C=O) groups is 1. The molecule has 0 saturated heterocycles. The molecule has 4 N–H and O–H groups in total. The SMILES string of the molecule is CC(C)C(C)NC(=O)COc1ccccc1/C(N)=N/O. The maximum Gasteiger partial charge on any atom is 0.258 e. The highest BCUT2D eigenvalue weighted by molar-refractivity contribution is 5.99. The molecule has 0 saturated carbocycles. The van der Waals surface area contributed by atoms with Gasteiger partial charge in [-0.3, -0.25) is 4.79 Å².